The molecule has 0 bridgehead atoms. The van der Waals surface area contributed by atoms with Crippen molar-refractivity contribution in [3.05, 3.63) is 41.8 Å². The van der Waals surface area contributed by atoms with Crippen LogP contribution in [0.5, 0.6) is 0 Å². The summed E-state index contributed by atoms with van der Waals surface area (Å²) in [4.78, 5) is 8.58. The van der Waals surface area contributed by atoms with E-state index in [4.69, 9.17) is 9.05 Å². The molecule has 0 unspecified atom stereocenters. The molecule has 1 N–H and O–H groups in total. The number of nitrogens with one attached hydrogen (secondary N) is 1. The van der Waals surface area contributed by atoms with E-state index in [1.807, 2.05) is 38.1 Å². The van der Waals surface area contributed by atoms with Gasteiger partial charge in [0, 0.05) is 30.6 Å². The van der Waals surface area contributed by atoms with Crippen LogP contribution in [0.1, 0.15) is 43.7 Å². The largest absolute Gasteiger partial charge is 0.385 e. The highest BCUT2D eigenvalue weighted by molar-refractivity contribution is 5.61. The lowest BCUT2D eigenvalue weighted by Gasteiger charge is -2.06. The smallest absolute Gasteiger partial charge is 0.257 e. The number of unbranched alkanes of at least 4 members (excludes halogenated alkanes) is 2. The number of aryl methyl sites for hydroxylation is 3. The molecule has 2 aromatic heterocycles. The van der Waals surface area contributed by atoms with Gasteiger partial charge in [0.2, 0.25) is 5.89 Å². The van der Waals surface area contributed by atoms with Crippen molar-refractivity contribution in [2.24, 2.45) is 0 Å². The molecule has 0 aliphatic heterocycles. The average molecular weight is 341 g/mol. The van der Waals surface area contributed by atoms with Crippen LogP contribution in [0.15, 0.2) is 33.3 Å². The summed E-state index contributed by atoms with van der Waals surface area (Å²) in [7, 11) is 0. The van der Waals surface area contributed by atoms with Crippen LogP contribution in [0.4, 0.5) is 5.69 Å². The van der Waals surface area contributed by atoms with Crippen molar-refractivity contribution in [2.75, 3.05) is 11.9 Å². The van der Waals surface area contributed by atoms with Gasteiger partial charge in [0.1, 0.15) is 0 Å². The van der Waals surface area contributed by atoms with Gasteiger partial charge in [0.25, 0.3) is 5.89 Å². The van der Waals surface area contributed by atoms with E-state index >= 15 is 0 Å². The minimum Gasteiger partial charge on any atom is -0.385 e. The summed E-state index contributed by atoms with van der Waals surface area (Å²) in [6.07, 6.45) is 4.85. The van der Waals surface area contributed by atoms with E-state index in [9.17, 15) is 0 Å². The highest BCUT2D eigenvalue weighted by Crippen LogP contribution is 2.21. The maximum absolute atomic E-state index is 5.29. The molecule has 0 saturated heterocycles. The van der Waals surface area contributed by atoms with Crippen LogP contribution in [-0.4, -0.2) is 26.8 Å². The number of benzene rings is 1. The summed E-state index contributed by atoms with van der Waals surface area (Å²) in [5, 5.41) is 11.2. The highest BCUT2D eigenvalue weighted by atomic mass is 16.5. The lowest BCUT2D eigenvalue weighted by molar-refractivity contribution is 0.370. The summed E-state index contributed by atoms with van der Waals surface area (Å²) in [6.45, 7) is 4.75. The molecule has 1 aromatic carbocycles. The van der Waals surface area contributed by atoms with E-state index in [-0.39, 0.29) is 0 Å². The standard InChI is InChI=1S/C18H23N5O2/c1-3-16-21-18(25-23-16)14-8-7-9-15(12-14)19-11-6-4-5-10-17-20-13(2)22-24-17/h7-9,12,19H,3-6,10-11H2,1-2H3. The second-order valence-corrected chi connectivity index (χ2v) is 5.92. The van der Waals surface area contributed by atoms with Crippen molar-refractivity contribution in [3.8, 4) is 11.5 Å². The first-order chi connectivity index (χ1) is 12.2. The monoisotopic (exact) mass is 341 g/mol. The van der Waals surface area contributed by atoms with Crippen LogP contribution in [0.3, 0.4) is 0 Å². The molecule has 7 nitrogen and oxygen atoms in total. The van der Waals surface area contributed by atoms with Crippen molar-refractivity contribution < 1.29 is 9.05 Å². The van der Waals surface area contributed by atoms with Gasteiger partial charge < -0.3 is 14.4 Å². The van der Waals surface area contributed by atoms with E-state index in [1.54, 1.807) is 0 Å². The van der Waals surface area contributed by atoms with Gasteiger partial charge in [-0.3, -0.25) is 0 Å². The Morgan fingerprint density at radius 3 is 2.72 bits per heavy atom. The molecule has 0 aliphatic rings. The van der Waals surface area contributed by atoms with Crippen LogP contribution in [0, 0.1) is 6.92 Å². The molecule has 0 aliphatic carbocycles. The highest BCUT2D eigenvalue weighted by Gasteiger charge is 2.08. The van der Waals surface area contributed by atoms with Crippen LogP contribution < -0.4 is 5.32 Å². The Labute approximate surface area is 146 Å². The fraction of sp³-hybridized carbons (Fsp3) is 0.444. The zero-order valence-corrected chi connectivity index (χ0v) is 14.7. The molecule has 3 aromatic rings. The van der Waals surface area contributed by atoms with Gasteiger partial charge in [0.05, 0.1) is 0 Å². The van der Waals surface area contributed by atoms with E-state index in [0.717, 1.165) is 61.6 Å². The molecule has 7 heteroatoms. The van der Waals surface area contributed by atoms with Crippen LogP contribution in [0.25, 0.3) is 11.5 Å². The molecule has 0 radical (unpaired) electrons. The fourth-order valence-corrected chi connectivity index (χ4v) is 2.53. The summed E-state index contributed by atoms with van der Waals surface area (Å²) in [5.74, 6) is 2.72. The summed E-state index contributed by atoms with van der Waals surface area (Å²) >= 11 is 0. The van der Waals surface area contributed by atoms with Crippen molar-refractivity contribution >= 4 is 5.69 Å². The lowest BCUT2D eigenvalue weighted by Crippen LogP contribution is -2.01. The van der Waals surface area contributed by atoms with Gasteiger partial charge in [-0.25, -0.2) is 0 Å². The topological polar surface area (TPSA) is 89.9 Å². The van der Waals surface area contributed by atoms with Gasteiger partial charge in [-0.1, -0.05) is 29.7 Å². The first kappa shape index (κ1) is 17.1. The summed E-state index contributed by atoms with van der Waals surface area (Å²) < 4.78 is 10.4. The van der Waals surface area contributed by atoms with Crippen LogP contribution >= 0.6 is 0 Å². The Morgan fingerprint density at radius 1 is 1.04 bits per heavy atom. The molecular weight excluding hydrogens is 318 g/mol. The summed E-state index contributed by atoms with van der Waals surface area (Å²) in [6, 6.07) is 8.05. The number of hydrogen-bond acceptors (Lipinski definition) is 7. The third-order valence-electron chi connectivity index (χ3n) is 3.86. The Balaban J connectivity index is 1.41. The molecule has 0 fully saturated rings. The molecule has 2 heterocycles. The van der Waals surface area contributed by atoms with Crippen molar-refractivity contribution in [3.63, 3.8) is 0 Å². The van der Waals surface area contributed by atoms with Crippen LogP contribution in [-0.2, 0) is 12.8 Å². The molecule has 3 rings (SSSR count). The van der Waals surface area contributed by atoms with Gasteiger partial charge in [-0.15, -0.1) is 0 Å². The maximum atomic E-state index is 5.29. The number of rotatable bonds is 9. The molecule has 0 spiro atoms. The Bertz CT molecular complexity index is 796. The third-order valence-corrected chi connectivity index (χ3v) is 3.86. The minimum atomic E-state index is 0.565. The number of anilines is 1. The second-order valence-electron chi connectivity index (χ2n) is 5.92. The van der Waals surface area contributed by atoms with E-state index in [0.29, 0.717) is 11.7 Å². The third kappa shape index (κ3) is 4.89. The Hall–Kier alpha value is -2.70. The van der Waals surface area contributed by atoms with Gasteiger partial charge in [-0.2, -0.15) is 9.97 Å². The van der Waals surface area contributed by atoms with Gasteiger partial charge >= 0.3 is 0 Å². The Morgan fingerprint density at radius 2 is 1.96 bits per heavy atom. The lowest BCUT2D eigenvalue weighted by atomic mass is 10.1. The number of nitrogens with zero attached hydrogens (tertiary/aromatic N) is 4. The maximum Gasteiger partial charge on any atom is 0.257 e. The molecule has 132 valence electrons. The van der Waals surface area contributed by atoms with Gasteiger partial charge in [-0.05, 0) is 38.0 Å². The predicted molar refractivity (Wildman–Crippen MR) is 94.2 cm³/mol. The van der Waals surface area contributed by atoms with E-state index in [1.165, 1.54) is 0 Å². The van der Waals surface area contributed by atoms with Crippen molar-refractivity contribution in [2.45, 2.75) is 46.0 Å². The zero-order chi connectivity index (χ0) is 17.5. The van der Waals surface area contributed by atoms with Crippen LogP contribution in [0.2, 0.25) is 0 Å². The molecule has 0 atom stereocenters. The van der Waals surface area contributed by atoms with Gasteiger partial charge in [0.15, 0.2) is 11.6 Å². The normalized spacial score (nSPS) is 11.0. The first-order valence-corrected chi connectivity index (χ1v) is 8.70. The fourth-order valence-electron chi connectivity index (χ4n) is 2.53. The number of hydrogen-bond donors (Lipinski definition) is 1. The quantitative estimate of drug-likeness (QED) is 0.592. The number of aromatic nitrogens is 4. The minimum absolute atomic E-state index is 0.565. The average Bonchev–Trinajstić information content (AvgIpc) is 3.27. The zero-order valence-electron chi connectivity index (χ0n) is 14.7. The summed E-state index contributed by atoms with van der Waals surface area (Å²) in [5.41, 5.74) is 1.99. The van der Waals surface area contributed by atoms with Crippen molar-refractivity contribution in [1.29, 1.82) is 0 Å². The molecular formula is C18H23N5O2. The van der Waals surface area contributed by atoms with E-state index in [2.05, 4.69) is 25.6 Å². The first-order valence-electron chi connectivity index (χ1n) is 8.70. The Kier molecular flexibility index (Phi) is 5.77. The molecule has 25 heavy (non-hydrogen) atoms. The van der Waals surface area contributed by atoms with E-state index < -0.39 is 0 Å². The molecule has 0 amide bonds. The van der Waals surface area contributed by atoms with Crippen molar-refractivity contribution in [1.82, 2.24) is 20.3 Å². The SMILES string of the molecule is CCc1noc(-c2cccc(NCCCCCc3nc(C)no3)c2)n1. The second kappa shape index (κ2) is 8.41. The molecule has 0 saturated carbocycles. The predicted octanol–water partition coefficient (Wildman–Crippen LogP) is 3.82.